The molecule has 0 fully saturated rings. The van der Waals surface area contributed by atoms with Crippen LogP contribution in [0.5, 0.6) is 0 Å². The monoisotopic (exact) mass is 306 g/mol. The minimum atomic E-state index is -1.22. The van der Waals surface area contributed by atoms with Crippen molar-refractivity contribution < 1.29 is 4.79 Å². The molecule has 0 spiro atoms. The summed E-state index contributed by atoms with van der Waals surface area (Å²) in [5.41, 5.74) is 2.15. The predicted octanol–water partition coefficient (Wildman–Crippen LogP) is 5.05. The van der Waals surface area contributed by atoms with E-state index in [0.29, 0.717) is 5.56 Å². The molecule has 0 amide bonds. The molecule has 0 atom stereocenters. The molecule has 3 aromatic rings. The number of alkyl halides is 1. The fourth-order valence-electron chi connectivity index (χ4n) is 2.55. The third-order valence-corrected chi connectivity index (χ3v) is 4.30. The standard InChI is InChI=1S/C20H15ClO/c21-20(17-12-6-2-7-13-17,18-14-8-3-9-15-18)19(22)16-10-4-1-5-11-16/h1-15H. The summed E-state index contributed by atoms with van der Waals surface area (Å²) in [7, 11) is 0. The van der Waals surface area contributed by atoms with Crippen LogP contribution in [0.15, 0.2) is 91.0 Å². The second-order valence-corrected chi connectivity index (χ2v) is 5.65. The number of Topliss-reactive ketones (excluding diaryl/α,β-unsaturated/α-hetero) is 1. The highest BCUT2D eigenvalue weighted by Crippen LogP contribution is 2.39. The van der Waals surface area contributed by atoms with E-state index in [9.17, 15) is 4.79 Å². The summed E-state index contributed by atoms with van der Waals surface area (Å²) < 4.78 is 0. The Morgan fingerprint density at radius 1 is 0.636 bits per heavy atom. The van der Waals surface area contributed by atoms with Crippen molar-refractivity contribution in [1.82, 2.24) is 0 Å². The Labute approximate surface area is 135 Å². The highest BCUT2D eigenvalue weighted by atomic mass is 35.5. The van der Waals surface area contributed by atoms with E-state index in [-0.39, 0.29) is 5.78 Å². The van der Waals surface area contributed by atoms with Crippen LogP contribution in [-0.4, -0.2) is 5.78 Å². The molecule has 108 valence electrons. The summed E-state index contributed by atoms with van der Waals surface area (Å²) in [6.45, 7) is 0. The van der Waals surface area contributed by atoms with Gasteiger partial charge in [0.25, 0.3) is 0 Å². The molecule has 0 aliphatic carbocycles. The van der Waals surface area contributed by atoms with E-state index in [1.807, 2.05) is 78.9 Å². The Bertz CT molecular complexity index is 712. The molecule has 0 aliphatic heterocycles. The molecule has 0 radical (unpaired) electrons. The van der Waals surface area contributed by atoms with Crippen molar-refractivity contribution in [3.8, 4) is 0 Å². The Morgan fingerprint density at radius 3 is 1.41 bits per heavy atom. The Hall–Kier alpha value is -2.38. The van der Waals surface area contributed by atoms with Crippen LogP contribution in [0.1, 0.15) is 21.5 Å². The van der Waals surface area contributed by atoms with Gasteiger partial charge in [0.1, 0.15) is 0 Å². The van der Waals surface area contributed by atoms with Crippen molar-refractivity contribution >= 4 is 17.4 Å². The van der Waals surface area contributed by atoms with Gasteiger partial charge in [-0.2, -0.15) is 0 Å². The van der Waals surface area contributed by atoms with Crippen molar-refractivity contribution in [3.63, 3.8) is 0 Å². The maximum Gasteiger partial charge on any atom is 0.192 e. The maximum atomic E-state index is 13.1. The predicted molar refractivity (Wildman–Crippen MR) is 90.3 cm³/mol. The lowest BCUT2D eigenvalue weighted by Crippen LogP contribution is -2.31. The van der Waals surface area contributed by atoms with E-state index in [1.165, 1.54) is 0 Å². The van der Waals surface area contributed by atoms with Gasteiger partial charge < -0.3 is 0 Å². The average molecular weight is 307 g/mol. The van der Waals surface area contributed by atoms with E-state index in [0.717, 1.165) is 11.1 Å². The van der Waals surface area contributed by atoms with Crippen LogP contribution in [0, 0.1) is 0 Å². The molecule has 3 aromatic carbocycles. The highest BCUT2D eigenvalue weighted by molar-refractivity contribution is 6.40. The molecular weight excluding hydrogens is 292 g/mol. The third kappa shape index (κ3) is 2.56. The van der Waals surface area contributed by atoms with Crippen molar-refractivity contribution in [3.05, 3.63) is 108 Å². The van der Waals surface area contributed by atoms with Gasteiger partial charge in [0.05, 0.1) is 0 Å². The number of ketones is 1. The first kappa shape index (κ1) is 14.6. The Balaban J connectivity index is 2.18. The van der Waals surface area contributed by atoms with Crippen LogP contribution in [0.25, 0.3) is 0 Å². The molecular formula is C20H15ClO. The lowest BCUT2D eigenvalue weighted by atomic mass is 9.84. The second kappa shape index (κ2) is 6.17. The third-order valence-electron chi connectivity index (χ3n) is 3.69. The summed E-state index contributed by atoms with van der Waals surface area (Å²) in [6.07, 6.45) is 0. The first-order valence-corrected chi connectivity index (χ1v) is 7.50. The first-order valence-electron chi connectivity index (χ1n) is 7.13. The summed E-state index contributed by atoms with van der Waals surface area (Å²) in [4.78, 5) is 11.9. The molecule has 0 saturated carbocycles. The smallest absolute Gasteiger partial charge is 0.192 e. The number of rotatable bonds is 4. The quantitative estimate of drug-likeness (QED) is 0.487. The minimum absolute atomic E-state index is 0.118. The molecule has 0 saturated heterocycles. The van der Waals surface area contributed by atoms with Crippen LogP contribution >= 0.6 is 11.6 Å². The second-order valence-electron chi connectivity index (χ2n) is 5.09. The molecule has 0 bridgehead atoms. The van der Waals surface area contributed by atoms with Crippen LogP contribution in [0.2, 0.25) is 0 Å². The molecule has 2 heteroatoms. The first-order chi connectivity index (χ1) is 10.7. The molecule has 0 aliphatic rings. The lowest BCUT2D eigenvalue weighted by molar-refractivity contribution is 0.0955. The number of carbonyl (C=O) groups is 1. The van der Waals surface area contributed by atoms with E-state index < -0.39 is 4.87 Å². The topological polar surface area (TPSA) is 17.1 Å². The normalized spacial score (nSPS) is 11.1. The molecule has 0 aromatic heterocycles. The summed E-state index contributed by atoms with van der Waals surface area (Å²) in [5.74, 6) is -0.118. The van der Waals surface area contributed by atoms with E-state index >= 15 is 0 Å². The molecule has 3 rings (SSSR count). The zero-order valence-corrected chi connectivity index (χ0v) is 12.7. The van der Waals surface area contributed by atoms with E-state index in [1.54, 1.807) is 12.1 Å². The van der Waals surface area contributed by atoms with Crippen LogP contribution in [0.4, 0.5) is 0 Å². The highest BCUT2D eigenvalue weighted by Gasteiger charge is 2.40. The van der Waals surface area contributed by atoms with Gasteiger partial charge in [-0.15, -0.1) is 0 Å². The molecule has 0 heterocycles. The fourth-order valence-corrected chi connectivity index (χ4v) is 2.91. The van der Waals surface area contributed by atoms with Crippen molar-refractivity contribution in [1.29, 1.82) is 0 Å². The van der Waals surface area contributed by atoms with Crippen molar-refractivity contribution in [2.75, 3.05) is 0 Å². The lowest BCUT2D eigenvalue weighted by Gasteiger charge is -2.27. The molecule has 0 N–H and O–H groups in total. The van der Waals surface area contributed by atoms with Crippen LogP contribution in [-0.2, 0) is 4.87 Å². The van der Waals surface area contributed by atoms with Gasteiger partial charge in [0, 0.05) is 5.56 Å². The van der Waals surface area contributed by atoms with Crippen LogP contribution in [0.3, 0.4) is 0 Å². The van der Waals surface area contributed by atoms with Gasteiger partial charge in [-0.3, -0.25) is 4.79 Å². The van der Waals surface area contributed by atoms with E-state index in [2.05, 4.69) is 0 Å². The number of hydrogen-bond donors (Lipinski definition) is 0. The fraction of sp³-hybridized carbons (Fsp3) is 0.0500. The minimum Gasteiger partial charge on any atom is -0.291 e. The molecule has 0 unspecified atom stereocenters. The van der Waals surface area contributed by atoms with Crippen molar-refractivity contribution in [2.45, 2.75) is 4.87 Å². The summed E-state index contributed by atoms with van der Waals surface area (Å²) in [5, 5.41) is 0. The molecule has 1 nitrogen and oxygen atoms in total. The van der Waals surface area contributed by atoms with Crippen molar-refractivity contribution in [2.24, 2.45) is 0 Å². The summed E-state index contributed by atoms with van der Waals surface area (Å²) >= 11 is 6.93. The average Bonchev–Trinajstić information content (AvgIpc) is 2.62. The Kier molecular flexibility index (Phi) is 4.08. The van der Waals surface area contributed by atoms with E-state index in [4.69, 9.17) is 11.6 Å². The Morgan fingerprint density at radius 2 is 1.00 bits per heavy atom. The van der Waals surface area contributed by atoms with Crippen LogP contribution < -0.4 is 0 Å². The number of hydrogen-bond acceptors (Lipinski definition) is 1. The van der Waals surface area contributed by atoms with Gasteiger partial charge in [0.2, 0.25) is 0 Å². The largest absolute Gasteiger partial charge is 0.291 e. The number of carbonyl (C=O) groups excluding carboxylic acids is 1. The maximum absolute atomic E-state index is 13.1. The van der Waals surface area contributed by atoms with Gasteiger partial charge in [-0.25, -0.2) is 0 Å². The zero-order chi connectivity index (χ0) is 15.4. The van der Waals surface area contributed by atoms with Gasteiger partial charge in [0.15, 0.2) is 10.7 Å². The van der Waals surface area contributed by atoms with Gasteiger partial charge in [-0.1, -0.05) is 103 Å². The summed E-state index contributed by atoms with van der Waals surface area (Å²) in [6, 6.07) is 28.2. The zero-order valence-electron chi connectivity index (χ0n) is 11.9. The SMILES string of the molecule is O=C(c1ccccc1)C(Cl)(c1ccccc1)c1ccccc1. The number of benzene rings is 3. The van der Waals surface area contributed by atoms with Gasteiger partial charge >= 0.3 is 0 Å². The number of halogens is 1. The van der Waals surface area contributed by atoms with Gasteiger partial charge in [-0.05, 0) is 11.1 Å². The molecule has 22 heavy (non-hydrogen) atoms.